The summed E-state index contributed by atoms with van der Waals surface area (Å²) in [6.07, 6.45) is -1.64. The fraction of sp³-hybridized carbons (Fsp3) is 0.188. The van der Waals surface area contributed by atoms with Gasteiger partial charge >= 0.3 is 6.36 Å². The van der Waals surface area contributed by atoms with Gasteiger partial charge in [0, 0.05) is 22.8 Å². The molecule has 0 amide bonds. The van der Waals surface area contributed by atoms with Crippen LogP contribution < -0.4 is 14.9 Å². The number of hydrogen-bond donors (Lipinski definition) is 1. The zero-order valence-electron chi connectivity index (χ0n) is 24.3. The highest BCUT2D eigenvalue weighted by atomic mass is 32.1. The molecule has 8 nitrogen and oxygen atoms in total. The van der Waals surface area contributed by atoms with Crippen molar-refractivity contribution in [3.63, 3.8) is 0 Å². The molecule has 44 heavy (non-hydrogen) atoms. The van der Waals surface area contributed by atoms with Gasteiger partial charge in [-0.15, -0.1) is 29.6 Å². The number of ether oxygens (including phenoxy) is 1. The monoisotopic (exact) mass is 615 g/mol. The summed E-state index contributed by atoms with van der Waals surface area (Å²) in [5.41, 5.74) is 8.20. The van der Waals surface area contributed by atoms with Crippen LogP contribution in [0.2, 0.25) is 0 Å². The molecule has 5 rings (SSSR count). The molecule has 0 saturated carbocycles. The summed E-state index contributed by atoms with van der Waals surface area (Å²) in [6, 6.07) is 19.1. The second-order valence-electron chi connectivity index (χ2n) is 10.1. The van der Waals surface area contributed by atoms with E-state index in [2.05, 4.69) is 76.0 Å². The summed E-state index contributed by atoms with van der Waals surface area (Å²) in [7, 11) is 0. The van der Waals surface area contributed by atoms with Crippen LogP contribution in [0.3, 0.4) is 0 Å². The van der Waals surface area contributed by atoms with Crippen molar-refractivity contribution >= 4 is 16.9 Å². The van der Waals surface area contributed by atoms with Gasteiger partial charge in [0.1, 0.15) is 24.8 Å². The van der Waals surface area contributed by atoms with E-state index in [0.29, 0.717) is 28.2 Å². The molecule has 0 radical (unpaired) electrons. The zero-order valence-corrected chi connectivity index (χ0v) is 25.2. The van der Waals surface area contributed by atoms with Crippen molar-refractivity contribution in [1.29, 1.82) is 5.26 Å². The van der Waals surface area contributed by atoms with Crippen LogP contribution in [-0.2, 0) is 0 Å². The van der Waals surface area contributed by atoms with Gasteiger partial charge in [-0.1, -0.05) is 42.0 Å². The lowest BCUT2D eigenvalue weighted by Crippen LogP contribution is -2.19. The lowest BCUT2D eigenvalue weighted by molar-refractivity contribution is -0.274. The van der Waals surface area contributed by atoms with E-state index in [4.69, 9.17) is 4.99 Å². The predicted octanol–water partition coefficient (Wildman–Crippen LogP) is 6.93. The fourth-order valence-corrected chi connectivity index (χ4v) is 5.72. The van der Waals surface area contributed by atoms with Crippen molar-refractivity contribution in [2.75, 3.05) is 6.67 Å². The molecule has 0 unspecified atom stereocenters. The van der Waals surface area contributed by atoms with Gasteiger partial charge in [0.15, 0.2) is 10.6 Å². The second kappa shape index (κ2) is 12.6. The van der Waals surface area contributed by atoms with Crippen LogP contribution in [0, 0.1) is 39.0 Å². The van der Waals surface area contributed by atoms with Crippen molar-refractivity contribution in [2.24, 2.45) is 4.99 Å². The van der Waals surface area contributed by atoms with E-state index in [1.807, 2.05) is 0 Å². The molecule has 0 aliphatic carbocycles. The van der Waals surface area contributed by atoms with Crippen LogP contribution in [-0.4, -0.2) is 32.4 Å². The highest BCUT2D eigenvalue weighted by Crippen LogP contribution is 2.25. The van der Waals surface area contributed by atoms with E-state index in [1.165, 1.54) is 52.0 Å². The van der Waals surface area contributed by atoms with Crippen molar-refractivity contribution in [3.05, 3.63) is 111 Å². The average molecular weight is 616 g/mol. The molecule has 0 spiro atoms. The average Bonchev–Trinajstić information content (AvgIpc) is 3.60. The summed E-state index contributed by atoms with van der Waals surface area (Å²) in [4.78, 5) is 9.92. The van der Waals surface area contributed by atoms with Gasteiger partial charge in [0.2, 0.25) is 0 Å². The summed E-state index contributed by atoms with van der Waals surface area (Å²) in [6.45, 7) is 8.66. The van der Waals surface area contributed by atoms with Gasteiger partial charge in [0.25, 0.3) is 0 Å². The first-order chi connectivity index (χ1) is 21.0. The Labute approximate surface area is 256 Å². The van der Waals surface area contributed by atoms with Crippen molar-refractivity contribution in [2.45, 2.75) is 34.1 Å². The number of allylic oxidation sites excluding steroid dienone is 1. The third kappa shape index (κ3) is 6.90. The van der Waals surface area contributed by atoms with E-state index < -0.39 is 6.36 Å². The lowest BCUT2D eigenvalue weighted by atomic mass is 10.0. The molecule has 224 valence electrons. The Morgan fingerprint density at radius 2 is 1.73 bits per heavy atom. The van der Waals surface area contributed by atoms with E-state index in [0.717, 1.165) is 16.2 Å². The summed E-state index contributed by atoms with van der Waals surface area (Å²) >= 11 is 1.57. The van der Waals surface area contributed by atoms with E-state index >= 15 is 0 Å². The Morgan fingerprint density at radius 3 is 2.36 bits per heavy atom. The van der Waals surface area contributed by atoms with Crippen LogP contribution in [0.15, 0.2) is 83.6 Å². The lowest BCUT2D eigenvalue weighted by Gasteiger charge is -2.14. The topological polar surface area (TPSA) is 93.1 Å². The fourth-order valence-electron chi connectivity index (χ4n) is 4.86. The first kappa shape index (κ1) is 30.3. The van der Waals surface area contributed by atoms with E-state index in [1.54, 1.807) is 41.8 Å². The third-order valence-electron chi connectivity index (χ3n) is 6.69. The molecule has 3 aromatic carbocycles. The van der Waals surface area contributed by atoms with Crippen molar-refractivity contribution in [1.82, 2.24) is 24.6 Å². The number of nitrogens with zero attached hydrogens (tertiary/aromatic N) is 6. The van der Waals surface area contributed by atoms with Crippen LogP contribution in [0.5, 0.6) is 5.75 Å². The molecule has 0 aliphatic rings. The SMILES string of the molecule is Cc1cc(C)c(-n2c(C)csc2=NCN/C=C(\C#N)c2ccc(-c3ncn(-c4ccc(OC(F)(F)F)cc4)n3)cc2)c(C)c1. The quantitative estimate of drug-likeness (QED) is 0.151. The third-order valence-corrected chi connectivity index (χ3v) is 7.67. The second-order valence-corrected chi connectivity index (χ2v) is 10.9. The van der Waals surface area contributed by atoms with Gasteiger partial charge in [0.05, 0.1) is 16.9 Å². The maximum absolute atomic E-state index is 12.4. The smallest absolute Gasteiger partial charge is 0.406 e. The number of benzene rings is 3. The zero-order chi connectivity index (χ0) is 31.4. The van der Waals surface area contributed by atoms with Crippen molar-refractivity contribution in [3.8, 4) is 34.6 Å². The Balaban J connectivity index is 1.27. The maximum atomic E-state index is 12.4. The van der Waals surface area contributed by atoms with Crippen LogP contribution in [0.4, 0.5) is 13.2 Å². The van der Waals surface area contributed by atoms with Gasteiger partial charge < -0.3 is 10.1 Å². The number of nitriles is 1. The highest BCUT2D eigenvalue weighted by molar-refractivity contribution is 7.07. The number of aryl methyl sites for hydroxylation is 4. The predicted molar refractivity (Wildman–Crippen MR) is 163 cm³/mol. The molecule has 1 N–H and O–H groups in total. The Morgan fingerprint density at radius 1 is 1.05 bits per heavy atom. The molecular formula is C32H28F3N7OS. The number of aromatic nitrogens is 4. The molecule has 0 aliphatic heterocycles. The van der Waals surface area contributed by atoms with E-state index in [-0.39, 0.29) is 12.4 Å². The number of hydrogen-bond acceptors (Lipinski definition) is 7. The number of nitrogens with one attached hydrogen (secondary N) is 1. The first-order valence-electron chi connectivity index (χ1n) is 13.5. The first-order valence-corrected chi connectivity index (χ1v) is 14.4. The minimum absolute atomic E-state index is 0.290. The highest BCUT2D eigenvalue weighted by Gasteiger charge is 2.31. The minimum atomic E-state index is -4.76. The molecule has 0 saturated heterocycles. The Kier molecular flexibility index (Phi) is 8.69. The molecule has 0 bridgehead atoms. The minimum Gasteiger partial charge on any atom is -0.406 e. The number of thiazole rings is 1. The largest absolute Gasteiger partial charge is 0.573 e. The normalized spacial score (nSPS) is 12.3. The molecule has 12 heteroatoms. The number of alkyl halides is 3. The molecule has 0 fully saturated rings. The molecule has 5 aromatic rings. The molecule has 2 heterocycles. The molecular weight excluding hydrogens is 587 g/mol. The van der Waals surface area contributed by atoms with Crippen LogP contribution in [0.25, 0.3) is 28.3 Å². The summed E-state index contributed by atoms with van der Waals surface area (Å²) in [5, 5.41) is 19.4. The van der Waals surface area contributed by atoms with Crippen LogP contribution >= 0.6 is 11.3 Å². The van der Waals surface area contributed by atoms with Crippen LogP contribution in [0.1, 0.15) is 27.9 Å². The standard InChI is InChI=1S/C32H28F3N7OS/c1-20-13-21(2)29(22(3)14-20)42-23(4)17-44-31(42)38-18-37-16-26(15-36)24-5-7-25(8-6-24)30-39-19-41(40-30)27-9-11-28(12-10-27)43-32(33,34)35/h5-14,16-17,19,37H,18H2,1-4H3/b26-16+,38-31?. The van der Waals surface area contributed by atoms with Gasteiger partial charge in [-0.3, -0.25) is 4.57 Å². The Hall–Kier alpha value is -5.15. The Bertz CT molecular complexity index is 1900. The number of halogens is 3. The number of rotatable bonds is 8. The molecule has 2 aromatic heterocycles. The van der Waals surface area contributed by atoms with Gasteiger partial charge in [-0.25, -0.2) is 14.7 Å². The van der Waals surface area contributed by atoms with E-state index in [9.17, 15) is 18.4 Å². The van der Waals surface area contributed by atoms with Gasteiger partial charge in [-0.05, 0) is 68.7 Å². The summed E-state index contributed by atoms with van der Waals surface area (Å²) in [5.74, 6) is 0.101. The summed E-state index contributed by atoms with van der Waals surface area (Å²) < 4.78 is 44.8. The molecule has 0 atom stereocenters. The maximum Gasteiger partial charge on any atom is 0.573 e. The van der Waals surface area contributed by atoms with Crippen molar-refractivity contribution < 1.29 is 17.9 Å². The van der Waals surface area contributed by atoms with Gasteiger partial charge in [-0.2, -0.15) is 5.26 Å².